The quantitative estimate of drug-likeness (QED) is 0.373. The van der Waals surface area contributed by atoms with Crippen LogP contribution in [0.2, 0.25) is 0 Å². The number of allylic oxidation sites excluding steroid dienone is 1. The second-order valence-corrected chi connectivity index (χ2v) is 8.56. The molecule has 0 fully saturated rings. The lowest BCUT2D eigenvalue weighted by molar-refractivity contribution is -0.120. The molecule has 0 saturated heterocycles. The zero-order chi connectivity index (χ0) is 22.2. The summed E-state index contributed by atoms with van der Waals surface area (Å²) in [4.78, 5) is 12.7. The van der Waals surface area contributed by atoms with Crippen molar-refractivity contribution in [2.24, 2.45) is 0 Å². The summed E-state index contributed by atoms with van der Waals surface area (Å²) in [5.74, 6) is 1.74. The second-order valence-electron chi connectivity index (χ2n) is 7.25. The van der Waals surface area contributed by atoms with Crippen molar-refractivity contribution in [1.29, 1.82) is 0 Å². The molecule has 7 heteroatoms. The number of hydrogen-bond donors (Lipinski definition) is 1. The topological polar surface area (TPSA) is 69.0 Å². The van der Waals surface area contributed by atoms with E-state index in [4.69, 9.17) is 4.74 Å². The van der Waals surface area contributed by atoms with Gasteiger partial charge in [-0.3, -0.25) is 9.36 Å². The van der Waals surface area contributed by atoms with Gasteiger partial charge in [-0.25, -0.2) is 0 Å². The fourth-order valence-electron chi connectivity index (χ4n) is 3.13. The van der Waals surface area contributed by atoms with Crippen LogP contribution in [-0.2, 0) is 11.3 Å². The molecule has 0 saturated carbocycles. The van der Waals surface area contributed by atoms with Crippen molar-refractivity contribution < 1.29 is 9.53 Å². The summed E-state index contributed by atoms with van der Waals surface area (Å²) in [7, 11) is 1.64. The fraction of sp³-hybridized carbons (Fsp3) is 0.292. The van der Waals surface area contributed by atoms with Gasteiger partial charge in [0.2, 0.25) is 5.91 Å². The number of thioether (sulfide) groups is 1. The minimum atomic E-state index is -0.306. The largest absolute Gasteiger partial charge is 0.497 e. The predicted molar refractivity (Wildman–Crippen MR) is 125 cm³/mol. The Morgan fingerprint density at radius 1 is 1.16 bits per heavy atom. The summed E-state index contributed by atoms with van der Waals surface area (Å²) in [6.07, 6.45) is 1.80. The van der Waals surface area contributed by atoms with E-state index < -0.39 is 0 Å². The molecule has 0 aliphatic heterocycles. The van der Waals surface area contributed by atoms with Crippen LogP contribution in [-0.4, -0.2) is 39.6 Å². The smallest absolute Gasteiger partial charge is 0.233 e. The zero-order valence-electron chi connectivity index (χ0n) is 18.1. The lowest BCUT2D eigenvalue weighted by Crippen LogP contribution is -2.33. The maximum absolute atomic E-state index is 12.7. The van der Waals surface area contributed by atoms with Gasteiger partial charge >= 0.3 is 0 Å². The van der Waals surface area contributed by atoms with Crippen LogP contribution >= 0.6 is 11.8 Å². The number of methoxy groups -OCH3 is 1. The molecule has 2 unspecified atom stereocenters. The first-order chi connectivity index (χ1) is 15.0. The van der Waals surface area contributed by atoms with Gasteiger partial charge in [0.25, 0.3) is 0 Å². The molecular weight excluding hydrogens is 408 g/mol. The van der Waals surface area contributed by atoms with E-state index >= 15 is 0 Å². The van der Waals surface area contributed by atoms with E-state index in [1.165, 1.54) is 17.3 Å². The average molecular weight is 437 g/mol. The average Bonchev–Trinajstić information content (AvgIpc) is 3.20. The number of nitrogens with zero attached hydrogens (tertiary/aromatic N) is 3. The van der Waals surface area contributed by atoms with Gasteiger partial charge in [-0.1, -0.05) is 55.1 Å². The first-order valence-electron chi connectivity index (χ1n) is 10.2. The third-order valence-corrected chi connectivity index (χ3v) is 6.06. The van der Waals surface area contributed by atoms with Crippen molar-refractivity contribution in [3.8, 4) is 17.1 Å². The lowest BCUT2D eigenvalue weighted by atomic mass is 10.0. The van der Waals surface area contributed by atoms with Gasteiger partial charge in [0.05, 0.1) is 12.4 Å². The molecular formula is C24H28N4O2S. The van der Waals surface area contributed by atoms with Crippen LogP contribution in [0.15, 0.2) is 72.4 Å². The molecule has 0 aliphatic rings. The highest BCUT2D eigenvalue weighted by Gasteiger charge is 2.21. The predicted octanol–water partition coefficient (Wildman–Crippen LogP) is 4.54. The van der Waals surface area contributed by atoms with E-state index in [9.17, 15) is 4.79 Å². The van der Waals surface area contributed by atoms with E-state index in [-0.39, 0.29) is 17.1 Å². The molecule has 31 heavy (non-hydrogen) atoms. The summed E-state index contributed by atoms with van der Waals surface area (Å²) in [6, 6.07) is 17.8. The summed E-state index contributed by atoms with van der Waals surface area (Å²) < 4.78 is 7.20. The van der Waals surface area contributed by atoms with E-state index in [1.807, 2.05) is 54.0 Å². The molecule has 0 bridgehead atoms. The molecule has 2 aromatic carbocycles. The molecule has 0 aliphatic carbocycles. The first-order valence-corrected chi connectivity index (χ1v) is 11.1. The Hall–Kier alpha value is -3.06. The van der Waals surface area contributed by atoms with Crippen molar-refractivity contribution in [3.05, 3.63) is 72.8 Å². The molecule has 0 radical (unpaired) electrons. The van der Waals surface area contributed by atoms with Crippen molar-refractivity contribution in [2.75, 3.05) is 13.7 Å². The first kappa shape index (κ1) is 22.6. The number of rotatable bonds is 10. The van der Waals surface area contributed by atoms with E-state index in [0.29, 0.717) is 18.2 Å². The van der Waals surface area contributed by atoms with Crippen LogP contribution in [0.5, 0.6) is 5.75 Å². The molecule has 3 rings (SSSR count). The van der Waals surface area contributed by atoms with E-state index in [2.05, 4.69) is 41.1 Å². The highest BCUT2D eigenvalue weighted by atomic mass is 32.2. The molecule has 1 amide bonds. The molecule has 1 N–H and O–H groups in total. The number of amides is 1. The number of benzene rings is 2. The fourth-order valence-corrected chi connectivity index (χ4v) is 4.01. The highest BCUT2D eigenvalue weighted by molar-refractivity contribution is 8.00. The number of aromatic nitrogens is 3. The molecule has 162 valence electrons. The van der Waals surface area contributed by atoms with Crippen molar-refractivity contribution in [1.82, 2.24) is 20.1 Å². The molecule has 3 aromatic rings. The number of ether oxygens (including phenoxy) is 1. The summed E-state index contributed by atoms with van der Waals surface area (Å²) >= 11 is 1.39. The Kier molecular flexibility index (Phi) is 7.89. The Labute approximate surface area is 187 Å². The van der Waals surface area contributed by atoms with E-state index in [0.717, 1.165) is 17.1 Å². The summed E-state index contributed by atoms with van der Waals surface area (Å²) in [6.45, 7) is 8.97. The minimum absolute atomic E-state index is 0.0214. The number of carbonyl (C=O) groups is 1. The number of hydrogen-bond acceptors (Lipinski definition) is 5. The lowest BCUT2D eigenvalue weighted by Gasteiger charge is -2.16. The normalized spacial score (nSPS) is 12.7. The Bertz CT molecular complexity index is 1000. The van der Waals surface area contributed by atoms with Crippen molar-refractivity contribution in [2.45, 2.75) is 36.7 Å². The third-order valence-electron chi connectivity index (χ3n) is 4.98. The molecule has 6 nitrogen and oxygen atoms in total. The van der Waals surface area contributed by atoms with Crippen LogP contribution in [0, 0.1) is 0 Å². The van der Waals surface area contributed by atoms with Crippen molar-refractivity contribution in [3.63, 3.8) is 0 Å². The summed E-state index contributed by atoms with van der Waals surface area (Å²) in [5.41, 5.74) is 2.13. The van der Waals surface area contributed by atoms with Crippen LogP contribution in [0.25, 0.3) is 11.4 Å². The monoisotopic (exact) mass is 436 g/mol. The van der Waals surface area contributed by atoms with Gasteiger partial charge in [0.1, 0.15) is 5.75 Å². The Morgan fingerprint density at radius 2 is 1.87 bits per heavy atom. The molecule has 1 aromatic heterocycles. The summed E-state index contributed by atoms with van der Waals surface area (Å²) in [5, 5.41) is 12.1. The molecule has 2 atom stereocenters. The second kappa shape index (κ2) is 10.8. The Balaban J connectivity index is 1.67. The number of nitrogens with one attached hydrogen (secondary N) is 1. The maximum Gasteiger partial charge on any atom is 0.233 e. The van der Waals surface area contributed by atoms with Gasteiger partial charge in [-0.2, -0.15) is 0 Å². The maximum atomic E-state index is 12.7. The van der Waals surface area contributed by atoms with Crippen LogP contribution in [0.1, 0.15) is 25.3 Å². The zero-order valence-corrected chi connectivity index (χ0v) is 18.9. The SMILES string of the molecule is C=CCn1c(SC(C)C(=O)NCC(C)c2ccccc2)nnc1-c1ccc(OC)cc1. The van der Waals surface area contributed by atoms with Crippen LogP contribution in [0.4, 0.5) is 0 Å². The van der Waals surface area contributed by atoms with Gasteiger partial charge in [-0.05, 0) is 42.7 Å². The third kappa shape index (κ3) is 5.76. The standard InChI is InChI=1S/C24H28N4O2S/c1-5-15-28-22(20-11-13-21(30-4)14-12-20)26-27-24(28)31-18(3)23(29)25-16-17(2)19-9-7-6-8-10-19/h5-14,17-18H,1,15-16H2,2-4H3,(H,25,29). The van der Waals surface area contributed by atoms with Crippen molar-refractivity contribution >= 4 is 17.7 Å². The minimum Gasteiger partial charge on any atom is -0.497 e. The van der Waals surface area contributed by atoms with E-state index in [1.54, 1.807) is 13.2 Å². The van der Waals surface area contributed by atoms with Gasteiger partial charge in [0, 0.05) is 18.7 Å². The number of carbonyl (C=O) groups excluding carboxylic acids is 1. The molecule has 0 spiro atoms. The molecule has 1 heterocycles. The van der Waals surface area contributed by atoms with Gasteiger partial charge in [-0.15, -0.1) is 16.8 Å². The van der Waals surface area contributed by atoms with Crippen LogP contribution in [0.3, 0.4) is 0 Å². The van der Waals surface area contributed by atoms with Gasteiger partial charge in [0.15, 0.2) is 11.0 Å². The highest BCUT2D eigenvalue weighted by Crippen LogP contribution is 2.28. The van der Waals surface area contributed by atoms with Gasteiger partial charge < -0.3 is 10.1 Å². The van der Waals surface area contributed by atoms with Crippen LogP contribution < -0.4 is 10.1 Å². The Morgan fingerprint density at radius 3 is 2.52 bits per heavy atom.